The summed E-state index contributed by atoms with van der Waals surface area (Å²) in [5, 5.41) is 0. The van der Waals surface area contributed by atoms with Gasteiger partial charge in [-0.25, -0.2) is 0 Å². The maximum absolute atomic E-state index is 12.3. The predicted octanol–water partition coefficient (Wildman–Crippen LogP) is 4.23. The lowest BCUT2D eigenvalue weighted by atomic mass is 10.1. The molecule has 2 aromatic carbocycles. The molecule has 0 radical (unpaired) electrons. The molecule has 0 heterocycles. The lowest BCUT2D eigenvalue weighted by molar-refractivity contribution is 0.104. The number of carbonyl (C=O) groups is 1. The first-order valence-electron chi connectivity index (χ1n) is 6.25. The average molecular weight is 266 g/mol. The van der Waals surface area contributed by atoms with Gasteiger partial charge in [-0.3, -0.25) is 4.79 Å². The number of thioether (sulfide) groups is 1. The Morgan fingerprint density at radius 2 is 1.79 bits per heavy atom. The number of fused-ring (bicyclic) bond motifs is 1. The minimum atomic E-state index is 0.171. The molecule has 1 nitrogen and oxygen atoms in total. The zero-order valence-corrected chi connectivity index (χ0v) is 11.5. The van der Waals surface area contributed by atoms with Crippen LogP contribution in [0.1, 0.15) is 21.5 Å². The van der Waals surface area contributed by atoms with Crippen molar-refractivity contribution in [2.24, 2.45) is 0 Å². The van der Waals surface area contributed by atoms with E-state index in [2.05, 4.69) is 30.5 Å². The van der Waals surface area contributed by atoms with Crippen molar-refractivity contribution in [2.75, 3.05) is 6.26 Å². The van der Waals surface area contributed by atoms with E-state index in [1.54, 1.807) is 11.8 Å². The minimum absolute atomic E-state index is 0.171. The lowest BCUT2D eigenvalue weighted by Crippen LogP contribution is -1.94. The topological polar surface area (TPSA) is 17.1 Å². The number of rotatable bonds is 2. The summed E-state index contributed by atoms with van der Waals surface area (Å²) in [6.45, 7) is 0. The molecule has 1 aliphatic rings. The van der Waals surface area contributed by atoms with E-state index in [0.717, 1.165) is 28.7 Å². The van der Waals surface area contributed by atoms with Gasteiger partial charge in [0.15, 0.2) is 5.78 Å². The molecule has 0 saturated heterocycles. The normalized spacial score (nSPS) is 15.8. The van der Waals surface area contributed by atoms with Crippen LogP contribution in [0.5, 0.6) is 0 Å². The molecule has 0 saturated carbocycles. The number of allylic oxidation sites excluding steroid dienone is 1. The zero-order valence-electron chi connectivity index (χ0n) is 10.7. The Balaban J connectivity index is 1.92. The van der Waals surface area contributed by atoms with Crippen LogP contribution in [0.4, 0.5) is 0 Å². The third-order valence-electron chi connectivity index (χ3n) is 3.39. The third kappa shape index (κ3) is 2.36. The van der Waals surface area contributed by atoms with E-state index in [-0.39, 0.29) is 5.78 Å². The number of Topliss-reactive ketones (excluding diaryl/α,β-unsaturated/α-hetero) is 1. The Hall–Kier alpha value is -1.80. The van der Waals surface area contributed by atoms with Crippen molar-refractivity contribution in [1.29, 1.82) is 0 Å². The van der Waals surface area contributed by atoms with Gasteiger partial charge in [-0.15, -0.1) is 11.8 Å². The van der Waals surface area contributed by atoms with Crippen LogP contribution in [0, 0.1) is 0 Å². The first-order chi connectivity index (χ1) is 9.28. The van der Waals surface area contributed by atoms with Gasteiger partial charge in [-0.05, 0) is 35.6 Å². The van der Waals surface area contributed by atoms with Crippen LogP contribution in [0.2, 0.25) is 0 Å². The molecule has 0 aliphatic heterocycles. The van der Waals surface area contributed by atoms with Crippen LogP contribution in [-0.2, 0) is 6.42 Å². The molecule has 19 heavy (non-hydrogen) atoms. The van der Waals surface area contributed by atoms with E-state index in [1.807, 2.05) is 30.3 Å². The molecule has 0 unspecified atom stereocenters. The van der Waals surface area contributed by atoms with Crippen molar-refractivity contribution in [3.8, 4) is 0 Å². The van der Waals surface area contributed by atoms with Crippen LogP contribution in [0.25, 0.3) is 6.08 Å². The zero-order chi connectivity index (χ0) is 13.2. The maximum atomic E-state index is 12.3. The van der Waals surface area contributed by atoms with Gasteiger partial charge in [0.25, 0.3) is 0 Å². The van der Waals surface area contributed by atoms with Crippen LogP contribution >= 0.6 is 11.8 Å². The summed E-state index contributed by atoms with van der Waals surface area (Å²) in [4.78, 5) is 13.5. The molecule has 2 aromatic rings. The summed E-state index contributed by atoms with van der Waals surface area (Å²) in [5.74, 6) is 0.171. The third-order valence-corrected chi connectivity index (χ3v) is 4.13. The smallest absolute Gasteiger partial charge is 0.189 e. The summed E-state index contributed by atoms with van der Waals surface area (Å²) < 4.78 is 0. The Labute approximate surface area is 117 Å². The van der Waals surface area contributed by atoms with Gasteiger partial charge in [0.2, 0.25) is 0 Å². The summed E-state index contributed by atoms with van der Waals surface area (Å²) >= 11 is 1.72. The van der Waals surface area contributed by atoms with Crippen molar-refractivity contribution in [2.45, 2.75) is 11.3 Å². The van der Waals surface area contributed by atoms with E-state index in [9.17, 15) is 4.79 Å². The lowest BCUT2D eigenvalue weighted by Gasteiger charge is -1.99. The summed E-state index contributed by atoms with van der Waals surface area (Å²) in [5.41, 5.74) is 3.97. The molecule has 0 amide bonds. The number of ketones is 1. The van der Waals surface area contributed by atoms with Crippen molar-refractivity contribution < 1.29 is 4.79 Å². The van der Waals surface area contributed by atoms with Crippen molar-refractivity contribution in [1.82, 2.24) is 0 Å². The maximum Gasteiger partial charge on any atom is 0.189 e. The van der Waals surface area contributed by atoms with Crippen LogP contribution < -0.4 is 0 Å². The van der Waals surface area contributed by atoms with Gasteiger partial charge < -0.3 is 0 Å². The molecule has 0 spiro atoms. The fourth-order valence-corrected chi connectivity index (χ4v) is 2.78. The van der Waals surface area contributed by atoms with E-state index >= 15 is 0 Å². The Morgan fingerprint density at radius 3 is 2.47 bits per heavy atom. The molecule has 94 valence electrons. The highest BCUT2D eigenvalue weighted by atomic mass is 32.2. The molecular formula is C17H14OS. The molecule has 2 heteroatoms. The van der Waals surface area contributed by atoms with E-state index < -0.39 is 0 Å². The SMILES string of the molecule is CSc1ccc(/C=C2\Cc3ccccc3C2=O)cc1. The quantitative estimate of drug-likeness (QED) is 0.597. The highest BCUT2D eigenvalue weighted by Crippen LogP contribution is 2.27. The minimum Gasteiger partial charge on any atom is -0.289 e. The summed E-state index contributed by atoms with van der Waals surface area (Å²) in [6.07, 6.45) is 4.82. The molecule has 0 bridgehead atoms. The predicted molar refractivity (Wildman–Crippen MR) is 80.7 cm³/mol. The molecule has 0 aromatic heterocycles. The van der Waals surface area contributed by atoms with Gasteiger partial charge in [-0.1, -0.05) is 36.4 Å². The largest absolute Gasteiger partial charge is 0.289 e. The van der Waals surface area contributed by atoms with Crippen LogP contribution in [-0.4, -0.2) is 12.0 Å². The molecule has 3 rings (SSSR count). The number of benzene rings is 2. The molecular weight excluding hydrogens is 252 g/mol. The van der Waals surface area contributed by atoms with Crippen LogP contribution in [0.3, 0.4) is 0 Å². The van der Waals surface area contributed by atoms with Gasteiger partial charge >= 0.3 is 0 Å². The van der Waals surface area contributed by atoms with Crippen molar-refractivity contribution in [3.63, 3.8) is 0 Å². The Morgan fingerprint density at radius 1 is 1.05 bits per heavy atom. The standard InChI is InChI=1S/C17H14OS/c1-19-15-8-6-12(7-9-15)10-14-11-13-4-2-3-5-16(13)17(14)18/h2-10H,11H2,1H3/b14-10+. The molecule has 1 aliphatic carbocycles. The van der Waals surface area contributed by atoms with Crippen molar-refractivity contribution in [3.05, 3.63) is 70.8 Å². The van der Waals surface area contributed by atoms with E-state index in [0.29, 0.717) is 0 Å². The van der Waals surface area contributed by atoms with Crippen LogP contribution in [0.15, 0.2) is 59.0 Å². The Kier molecular flexibility index (Phi) is 3.26. The highest BCUT2D eigenvalue weighted by Gasteiger charge is 2.23. The molecule has 0 atom stereocenters. The molecule has 0 N–H and O–H groups in total. The molecule has 0 fully saturated rings. The summed E-state index contributed by atoms with van der Waals surface area (Å²) in [7, 11) is 0. The summed E-state index contributed by atoms with van der Waals surface area (Å²) in [6, 6.07) is 16.2. The fourth-order valence-electron chi connectivity index (χ4n) is 2.37. The highest BCUT2D eigenvalue weighted by molar-refractivity contribution is 7.98. The average Bonchev–Trinajstić information content (AvgIpc) is 2.77. The van der Waals surface area contributed by atoms with Gasteiger partial charge in [0.05, 0.1) is 0 Å². The fraction of sp³-hybridized carbons (Fsp3) is 0.118. The van der Waals surface area contributed by atoms with Gasteiger partial charge in [-0.2, -0.15) is 0 Å². The van der Waals surface area contributed by atoms with Gasteiger partial charge in [0, 0.05) is 22.5 Å². The van der Waals surface area contributed by atoms with E-state index in [4.69, 9.17) is 0 Å². The number of carbonyl (C=O) groups excluding carboxylic acids is 1. The second kappa shape index (κ2) is 5.06. The monoisotopic (exact) mass is 266 g/mol. The van der Waals surface area contributed by atoms with Gasteiger partial charge in [0.1, 0.15) is 0 Å². The Bertz CT molecular complexity index is 653. The number of hydrogen-bond donors (Lipinski definition) is 0. The van der Waals surface area contributed by atoms with Crippen molar-refractivity contribution >= 4 is 23.6 Å². The second-order valence-electron chi connectivity index (χ2n) is 4.61. The first kappa shape index (κ1) is 12.2. The first-order valence-corrected chi connectivity index (χ1v) is 7.47. The number of hydrogen-bond acceptors (Lipinski definition) is 2. The van der Waals surface area contributed by atoms with E-state index in [1.165, 1.54) is 4.90 Å². The second-order valence-corrected chi connectivity index (χ2v) is 5.49.